The zero-order chi connectivity index (χ0) is 11.4. The minimum atomic E-state index is -0.408. The van der Waals surface area contributed by atoms with Crippen molar-refractivity contribution in [3.8, 4) is 5.75 Å². The van der Waals surface area contributed by atoms with Crippen molar-refractivity contribution < 1.29 is 9.53 Å². The minimum Gasteiger partial charge on any atom is -0.496 e. The van der Waals surface area contributed by atoms with Gasteiger partial charge in [0.05, 0.1) is 11.6 Å². The zero-order valence-corrected chi connectivity index (χ0v) is 9.95. The number of halogens is 1. The normalized spacial score (nSPS) is 12.2. The first-order valence-corrected chi connectivity index (χ1v) is 5.21. The molecule has 5 heteroatoms. The summed E-state index contributed by atoms with van der Waals surface area (Å²) in [6, 6.07) is 5.06. The fourth-order valence-corrected chi connectivity index (χ4v) is 1.81. The first kappa shape index (κ1) is 12.0. The molecule has 1 rings (SSSR count). The Bertz CT molecular complexity index is 368. The summed E-state index contributed by atoms with van der Waals surface area (Å²) in [5.74, 6) is 0.319. The molecule has 1 aromatic carbocycles. The van der Waals surface area contributed by atoms with Gasteiger partial charge in [-0.15, -0.1) is 0 Å². The number of primary amides is 1. The van der Waals surface area contributed by atoms with Crippen molar-refractivity contribution in [2.75, 3.05) is 7.11 Å². The van der Waals surface area contributed by atoms with Gasteiger partial charge in [0, 0.05) is 12.5 Å². The predicted octanol–water partition coefficient (Wildman–Crippen LogP) is 1.33. The van der Waals surface area contributed by atoms with Crippen LogP contribution in [0, 0.1) is 0 Å². The lowest BCUT2D eigenvalue weighted by atomic mass is 10.0. The number of carbonyl (C=O) groups excluding carboxylic acids is 1. The molecule has 0 radical (unpaired) electrons. The number of rotatable bonds is 4. The molecular formula is C10H13BrN2O2. The van der Waals surface area contributed by atoms with Crippen LogP contribution in [-0.2, 0) is 4.79 Å². The molecule has 1 atom stereocenters. The maximum atomic E-state index is 10.7. The van der Waals surface area contributed by atoms with E-state index in [2.05, 4.69) is 15.9 Å². The highest BCUT2D eigenvalue weighted by Gasteiger charge is 2.11. The Hall–Kier alpha value is -1.07. The van der Waals surface area contributed by atoms with E-state index in [9.17, 15) is 4.79 Å². The molecule has 0 heterocycles. The SMILES string of the molecule is COc1ccc([C@H](N)CC(N)=O)cc1Br. The Labute approximate surface area is 96.7 Å². The molecule has 82 valence electrons. The number of carbonyl (C=O) groups is 1. The van der Waals surface area contributed by atoms with E-state index >= 15 is 0 Å². The van der Waals surface area contributed by atoms with Crippen molar-refractivity contribution >= 4 is 21.8 Å². The van der Waals surface area contributed by atoms with E-state index in [0.29, 0.717) is 0 Å². The molecule has 4 nitrogen and oxygen atoms in total. The molecule has 15 heavy (non-hydrogen) atoms. The molecular weight excluding hydrogens is 260 g/mol. The maximum Gasteiger partial charge on any atom is 0.219 e. The van der Waals surface area contributed by atoms with E-state index in [1.165, 1.54) is 0 Å². The molecule has 0 fully saturated rings. The first-order valence-electron chi connectivity index (χ1n) is 4.42. The highest BCUT2D eigenvalue weighted by Crippen LogP contribution is 2.28. The second-order valence-corrected chi connectivity index (χ2v) is 4.03. The van der Waals surface area contributed by atoms with Crippen molar-refractivity contribution in [1.82, 2.24) is 0 Å². The first-order chi connectivity index (χ1) is 7.04. The van der Waals surface area contributed by atoms with E-state index in [1.807, 2.05) is 12.1 Å². The van der Waals surface area contributed by atoms with Crippen molar-refractivity contribution in [2.24, 2.45) is 11.5 Å². The van der Waals surface area contributed by atoms with Crippen molar-refractivity contribution in [3.05, 3.63) is 28.2 Å². The Morgan fingerprint density at radius 1 is 1.60 bits per heavy atom. The van der Waals surface area contributed by atoms with Gasteiger partial charge in [-0.1, -0.05) is 6.07 Å². The van der Waals surface area contributed by atoms with E-state index in [4.69, 9.17) is 16.2 Å². The van der Waals surface area contributed by atoms with Crippen LogP contribution in [0.5, 0.6) is 5.75 Å². The Kier molecular flexibility index (Phi) is 4.11. The number of methoxy groups -OCH3 is 1. The van der Waals surface area contributed by atoms with Gasteiger partial charge < -0.3 is 16.2 Å². The Balaban J connectivity index is 2.87. The average molecular weight is 273 g/mol. The van der Waals surface area contributed by atoms with E-state index in [0.717, 1.165) is 15.8 Å². The third-order valence-corrected chi connectivity index (χ3v) is 2.64. The molecule has 0 aliphatic heterocycles. The van der Waals surface area contributed by atoms with Gasteiger partial charge in [0.1, 0.15) is 5.75 Å². The van der Waals surface area contributed by atoms with Gasteiger partial charge in [-0.25, -0.2) is 0 Å². The molecule has 0 saturated carbocycles. The van der Waals surface area contributed by atoms with Crippen LogP contribution in [0.4, 0.5) is 0 Å². The summed E-state index contributed by atoms with van der Waals surface area (Å²) in [5, 5.41) is 0. The van der Waals surface area contributed by atoms with Gasteiger partial charge in [-0.3, -0.25) is 4.79 Å². The lowest BCUT2D eigenvalue weighted by molar-refractivity contribution is -0.118. The van der Waals surface area contributed by atoms with Crippen LogP contribution in [-0.4, -0.2) is 13.0 Å². The van der Waals surface area contributed by atoms with E-state index in [1.54, 1.807) is 13.2 Å². The van der Waals surface area contributed by atoms with Gasteiger partial charge in [0.2, 0.25) is 5.91 Å². The van der Waals surface area contributed by atoms with E-state index in [-0.39, 0.29) is 12.5 Å². The summed E-state index contributed by atoms with van der Waals surface area (Å²) in [6.45, 7) is 0. The molecule has 0 unspecified atom stereocenters. The minimum absolute atomic E-state index is 0.138. The second-order valence-electron chi connectivity index (χ2n) is 3.17. The molecule has 4 N–H and O–H groups in total. The molecule has 0 bridgehead atoms. The maximum absolute atomic E-state index is 10.7. The van der Waals surface area contributed by atoms with Crippen LogP contribution >= 0.6 is 15.9 Å². The van der Waals surface area contributed by atoms with Crippen LogP contribution in [0.15, 0.2) is 22.7 Å². The fourth-order valence-electron chi connectivity index (χ4n) is 1.25. The van der Waals surface area contributed by atoms with Crippen LogP contribution in [0.25, 0.3) is 0 Å². The number of ether oxygens (including phenoxy) is 1. The summed E-state index contributed by atoms with van der Waals surface area (Å²) in [4.78, 5) is 10.7. The molecule has 1 aromatic rings. The average Bonchev–Trinajstić information content (AvgIpc) is 2.16. The summed E-state index contributed by atoms with van der Waals surface area (Å²) in [7, 11) is 1.59. The topological polar surface area (TPSA) is 78.3 Å². The predicted molar refractivity (Wildman–Crippen MR) is 61.4 cm³/mol. The summed E-state index contributed by atoms with van der Waals surface area (Å²) in [5.41, 5.74) is 11.7. The molecule has 0 saturated heterocycles. The molecule has 0 aromatic heterocycles. The lowest BCUT2D eigenvalue weighted by Gasteiger charge is -2.11. The number of benzene rings is 1. The van der Waals surface area contributed by atoms with Crippen molar-refractivity contribution in [1.29, 1.82) is 0 Å². The lowest BCUT2D eigenvalue weighted by Crippen LogP contribution is -2.20. The van der Waals surface area contributed by atoms with Gasteiger partial charge >= 0.3 is 0 Å². The Morgan fingerprint density at radius 3 is 2.73 bits per heavy atom. The largest absolute Gasteiger partial charge is 0.496 e. The highest BCUT2D eigenvalue weighted by atomic mass is 79.9. The van der Waals surface area contributed by atoms with Crippen molar-refractivity contribution in [2.45, 2.75) is 12.5 Å². The number of hydrogen-bond donors (Lipinski definition) is 2. The van der Waals surface area contributed by atoms with Crippen LogP contribution in [0.2, 0.25) is 0 Å². The Morgan fingerprint density at radius 2 is 2.27 bits per heavy atom. The highest BCUT2D eigenvalue weighted by molar-refractivity contribution is 9.10. The van der Waals surface area contributed by atoms with Crippen LogP contribution in [0.1, 0.15) is 18.0 Å². The third kappa shape index (κ3) is 3.21. The number of nitrogens with two attached hydrogens (primary N) is 2. The van der Waals surface area contributed by atoms with E-state index < -0.39 is 5.91 Å². The molecule has 0 aliphatic rings. The summed E-state index contributed by atoms with van der Waals surface area (Å²) in [6.07, 6.45) is 0.138. The van der Waals surface area contributed by atoms with Crippen molar-refractivity contribution in [3.63, 3.8) is 0 Å². The molecule has 1 amide bonds. The monoisotopic (exact) mass is 272 g/mol. The van der Waals surface area contributed by atoms with Crippen LogP contribution in [0.3, 0.4) is 0 Å². The van der Waals surface area contributed by atoms with Gasteiger partial charge in [0.15, 0.2) is 0 Å². The molecule has 0 spiro atoms. The summed E-state index contributed by atoms with van der Waals surface area (Å²) >= 11 is 3.35. The van der Waals surface area contributed by atoms with Gasteiger partial charge in [-0.05, 0) is 33.6 Å². The van der Waals surface area contributed by atoms with Crippen LogP contribution < -0.4 is 16.2 Å². The van der Waals surface area contributed by atoms with Gasteiger partial charge in [-0.2, -0.15) is 0 Å². The summed E-state index contributed by atoms with van der Waals surface area (Å²) < 4.78 is 5.89. The molecule has 0 aliphatic carbocycles. The standard InChI is InChI=1S/C10H13BrN2O2/c1-15-9-3-2-6(4-7(9)11)8(12)5-10(13)14/h2-4,8H,5,12H2,1H3,(H2,13,14)/t8-/m1/s1. The second kappa shape index (κ2) is 5.14. The quantitative estimate of drug-likeness (QED) is 0.868. The zero-order valence-electron chi connectivity index (χ0n) is 8.37. The smallest absolute Gasteiger partial charge is 0.219 e. The third-order valence-electron chi connectivity index (χ3n) is 2.03. The number of hydrogen-bond acceptors (Lipinski definition) is 3. The van der Waals surface area contributed by atoms with Gasteiger partial charge in [0.25, 0.3) is 0 Å². The fraction of sp³-hybridized carbons (Fsp3) is 0.300. The number of amides is 1.